The molecule has 0 aliphatic heterocycles. The molecule has 0 amide bonds. The van der Waals surface area contributed by atoms with Crippen molar-refractivity contribution in [3.8, 4) is 5.88 Å². The number of ether oxygens (including phenoxy) is 1. The molecule has 1 aromatic carbocycles. The van der Waals surface area contributed by atoms with Crippen molar-refractivity contribution < 1.29 is 4.74 Å². The van der Waals surface area contributed by atoms with Gasteiger partial charge in [0.25, 0.3) is 0 Å². The Bertz CT molecular complexity index is 570. The average molecular weight is 260 g/mol. The van der Waals surface area contributed by atoms with E-state index in [1.807, 2.05) is 6.07 Å². The zero-order valence-corrected chi connectivity index (χ0v) is 11.5. The fraction of sp³-hybridized carbons (Fsp3) is 0.214. The van der Waals surface area contributed by atoms with Gasteiger partial charge in [0.2, 0.25) is 5.88 Å². The van der Waals surface area contributed by atoms with Gasteiger partial charge in [0, 0.05) is 11.0 Å². The number of nitrogens with zero attached hydrogens (tertiary/aromatic N) is 1. The summed E-state index contributed by atoms with van der Waals surface area (Å²) in [4.78, 5) is 5.48. The first-order valence-electron chi connectivity index (χ1n) is 5.66. The zero-order valence-electron chi connectivity index (χ0n) is 10.7. The van der Waals surface area contributed by atoms with Gasteiger partial charge < -0.3 is 10.5 Å². The minimum Gasteiger partial charge on any atom is -0.481 e. The number of aryl methyl sites for hydroxylation is 2. The normalized spacial score (nSPS) is 10.4. The lowest BCUT2D eigenvalue weighted by Gasteiger charge is -2.08. The maximum Gasteiger partial charge on any atom is 0.214 e. The van der Waals surface area contributed by atoms with Crippen molar-refractivity contribution in [3.05, 3.63) is 41.5 Å². The topological polar surface area (TPSA) is 48.1 Å². The summed E-state index contributed by atoms with van der Waals surface area (Å²) in [5, 5.41) is 0.776. The maximum atomic E-state index is 5.92. The quantitative estimate of drug-likeness (QED) is 0.918. The minimum absolute atomic E-state index is 0.579. The van der Waals surface area contributed by atoms with Crippen LogP contribution in [0.25, 0.3) is 0 Å². The number of aromatic nitrogens is 1. The molecule has 0 bridgehead atoms. The Kier molecular flexibility index (Phi) is 3.77. The molecule has 0 spiro atoms. The van der Waals surface area contributed by atoms with Gasteiger partial charge in [-0.2, -0.15) is 0 Å². The van der Waals surface area contributed by atoms with Gasteiger partial charge in [-0.25, -0.2) is 4.98 Å². The molecule has 0 aliphatic carbocycles. The van der Waals surface area contributed by atoms with E-state index in [1.54, 1.807) is 24.9 Å². The SMILES string of the molecule is COc1ccc(N)c(Sc2ccc(C)c(C)c2)n1. The van der Waals surface area contributed by atoms with Crippen molar-refractivity contribution in [1.82, 2.24) is 4.98 Å². The van der Waals surface area contributed by atoms with Crippen LogP contribution in [-0.4, -0.2) is 12.1 Å². The van der Waals surface area contributed by atoms with Crippen LogP contribution in [0.1, 0.15) is 11.1 Å². The first-order valence-corrected chi connectivity index (χ1v) is 6.47. The van der Waals surface area contributed by atoms with E-state index in [9.17, 15) is 0 Å². The summed E-state index contributed by atoms with van der Waals surface area (Å²) in [6, 6.07) is 9.90. The number of nitrogen functional groups attached to an aromatic ring is 1. The van der Waals surface area contributed by atoms with Gasteiger partial charge in [0.05, 0.1) is 12.8 Å². The summed E-state index contributed by atoms with van der Waals surface area (Å²) in [6.07, 6.45) is 0. The Morgan fingerprint density at radius 1 is 1.11 bits per heavy atom. The molecule has 0 saturated heterocycles. The Balaban J connectivity index is 2.30. The number of anilines is 1. The molecule has 94 valence electrons. The van der Waals surface area contributed by atoms with Gasteiger partial charge in [-0.15, -0.1) is 0 Å². The number of methoxy groups -OCH3 is 1. The summed E-state index contributed by atoms with van der Waals surface area (Å²) in [6.45, 7) is 4.20. The third-order valence-corrected chi connectivity index (χ3v) is 3.78. The van der Waals surface area contributed by atoms with Crippen LogP contribution < -0.4 is 10.5 Å². The van der Waals surface area contributed by atoms with Gasteiger partial charge in [0.15, 0.2) is 0 Å². The summed E-state index contributed by atoms with van der Waals surface area (Å²) in [7, 11) is 1.60. The highest BCUT2D eigenvalue weighted by atomic mass is 32.2. The number of benzene rings is 1. The average Bonchev–Trinajstić information content (AvgIpc) is 2.36. The highest BCUT2D eigenvalue weighted by molar-refractivity contribution is 7.99. The zero-order chi connectivity index (χ0) is 13.1. The molecule has 1 aromatic heterocycles. The fourth-order valence-electron chi connectivity index (χ4n) is 1.52. The first kappa shape index (κ1) is 12.8. The smallest absolute Gasteiger partial charge is 0.214 e. The Morgan fingerprint density at radius 2 is 1.89 bits per heavy atom. The van der Waals surface area contributed by atoms with Gasteiger partial charge in [0.1, 0.15) is 5.03 Å². The van der Waals surface area contributed by atoms with Crippen molar-refractivity contribution in [2.45, 2.75) is 23.8 Å². The third kappa shape index (κ3) is 2.76. The first-order chi connectivity index (χ1) is 8.60. The molecule has 3 nitrogen and oxygen atoms in total. The molecule has 0 fully saturated rings. The van der Waals surface area contributed by atoms with E-state index >= 15 is 0 Å². The molecule has 2 aromatic rings. The third-order valence-electron chi connectivity index (χ3n) is 2.77. The van der Waals surface area contributed by atoms with E-state index in [0.29, 0.717) is 11.6 Å². The fourth-order valence-corrected chi connectivity index (χ4v) is 2.44. The lowest BCUT2D eigenvalue weighted by Crippen LogP contribution is -1.95. The van der Waals surface area contributed by atoms with Gasteiger partial charge in [-0.05, 0) is 43.2 Å². The van der Waals surface area contributed by atoms with Crippen LogP contribution in [0.5, 0.6) is 5.88 Å². The predicted molar refractivity (Wildman–Crippen MR) is 75.2 cm³/mol. The van der Waals surface area contributed by atoms with Crippen LogP contribution >= 0.6 is 11.8 Å². The van der Waals surface area contributed by atoms with E-state index in [-0.39, 0.29) is 0 Å². The van der Waals surface area contributed by atoms with E-state index < -0.39 is 0 Å². The second-order valence-electron chi connectivity index (χ2n) is 4.10. The summed E-state index contributed by atoms with van der Waals surface area (Å²) in [5.74, 6) is 0.579. The van der Waals surface area contributed by atoms with E-state index in [1.165, 1.54) is 11.1 Å². The molecule has 0 radical (unpaired) electrons. The highest BCUT2D eigenvalue weighted by Gasteiger charge is 2.06. The molecule has 2 rings (SSSR count). The van der Waals surface area contributed by atoms with Crippen LogP contribution in [0.15, 0.2) is 40.3 Å². The van der Waals surface area contributed by atoms with Crippen molar-refractivity contribution in [3.63, 3.8) is 0 Å². The van der Waals surface area contributed by atoms with Gasteiger partial charge in [-0.3, -0.25) is 0 Å². The molecular formula is C14H16N2OS. The largest absolute Gasteiger partial charge is 0.481 e. The summed E-state index contributed by atoms with van der Waals surface area (Å²) >= 11 is 1.55. The van der Waals surface area contributed by atoms with Crippen molar-refractivity contribution in [2.75, 3.05) is 12.8 Å². The molecule has 1 heterocycles. The van der Waals surface area contributed by atoms with E-state index in [4.69, 9.17) is 10.5 Å². The van der Waals surface area contributed by atoms with Crippen LogP contribution in [0.3, 0.4) is 0 Å². The molecule has 0 saturated carbocycles. The van der Waals surface area contributed by atoms with Crippen molar-refractivity contribution in [2.24, 2.45) is 0 Å². The van der Waals surface area contributed by atoms with Crippen molar-refractivity contribution >= 4 is 17.4 Å². The monoisotopic (exact) mass is 260 g/mol. The molecular weight excluding hydrogens is 244 g/mol. The molecule has 0 aliphatic rings. The minimum atomic E-state index is 0.579. The standard InChI is InChI=1S/C14H16N2OS/c1-9-4-5-11(8-10(9)2)18-14-12(15)6-7-13(16-14)17-3/h4-8H,15H2,1-3H3. The lowest BCUT2D eigenvalue weighted by molar-refractivity contribution is 0.395. The highest BCUT2D eigenvalue weighted by Crippen LogP contribution is 2.32. The molecule has 18 heavy (non-hydrogen) atoms. The number of nitrogens with two attached hydrogens (primary N) is 1. The van der Waals surface area contributed by atoms with Gasteiger partial charge in [-0.1, -0.05) is 17.8 Å². The van der Waals surface area contributed by atoms with Crippen LogP contribution in [0.4, 0.5) is 5.69 Å². The second-order valence-corrected chi connectivity index (χ2v) is 5.16. The van der Waals surface area contributed by atoms with E-state index in [0.717, 1.165) is 9.92 Å². The number of rotatable bonds is 3. The Morgan fingerprint density at radius 3 is 2.56 bits per heavy atom. The molecule has 0 atom stereocenters. The summed E-state index contributed by atoms with van der Waals surface area (Å²) in [5.41, 5.74) is 9.14. The number of hydrogen-bond acceptors (Lipinski definition) is 4. The van der Waals surface area contributed by atoms with Gasteiger partial charge >= 0.3 is 0 Å². The Hall–Kier alpha value is -1.68. The van der Waals surface area contributed by atoms with Crippen LogP contribution in [0.2, 0.25) is 0 Å². The number of pyridine rings is 1. The molecule has 0 unspecified atom stereocenters. The van der Waals surface area contributed by atoms with Crippen LogP contribution in [-0.2, 0) is 0 Å². The van der Waals surface area contributed by atoms with E-state index in [2.05, 4.69) is 37.0 Å². The predicted octanol–water partition coefficient (Wildman–Crippen LogP) is 3.44. The van der Waals surface area contributed by atoms with Crippen molar-refractivity contribution in [1.29, 1.82) is 0 Å². The molecule has 2 N–H and O–H groups in total. The Labute approximate surface area is 111 Å². The lowest BCUT2D eigenvalue weighted by atomic mass is 10.1. The van der Waals surface area contributed by atoms with Crippen LogP contribution in [0, 0.1) is 13.8 Å². The second kappa shape index (κ2) is 5.31. The maximum absolute atomic E-state index is 5.92. The molecule has 4 heteroatoms. The summed E-state index contributed by atoms with van der Waals surface area (Å²) < 4.78 is 5.11. The number of hydrogen-bond donors (Lipinski definition) is 1.